The standard InChI is InChI=1S/C24H23F6N5O2/c1-14(33-7-4-24(29,30)19(12-33)16-2-5-35(37)6-3-16)23(36)32-20-13-34(22(31-20)21(27)28)11-15-8-17(25)10-18(26)9-15/h2-3,5-6,8-10,13-14,19,21H,4,7,11-12H2,1H3,(H,32,36)/t14-,19-/m1/s1. The van der Waals surface area contributed by atoms with E-state index in [-0.39, 0.29) is 36.6 Å². The van der Waals surface area contributed by atoms with Crippen molar-refractivity contribution in [3.63, 3.8) is 0 Å². The number of anilines is 1. The van der Waals surface area contributed by atoms with Gasteiger partial charge < -0.3 is 15.1 Å². The largest absolute Gasteiger partial charge is 0.619 e. The number of rotatable bonds is 7. The number of carbonyl (C=O) groups excluding carboxylic acids is 1. The van der Waals surface area contributed by atoms with Gasteiger partial charge in [0.25, 0.3) is 12.3 Å². The van der Waals surface area contributed by atoms with E-state index < -0.39 is 54.1 Å². The van der Waals surface area contributed by atoms with Crippen LogP contribution in [0.15, 0.2) is 48.9 Å². The van der Waals surface area contributed by atoms with Gasteiger partial charge in [-0.3, -0.25) is 9.69 Å². The van der Waals surface area contributed by atoms with Gasteiger partial charge in [0.1, 0.15) is 11.6 Å². The fourth-order valence-corrected chi connectivity index (χ4v) is 4.37. The van der Waals surface area contributed by atoms with E-state index in [2.05, 4.69) is 10.3 Å². The number of hydrogen-bond acceptors (Lipinski definition) is 4. The quantitative estimate of drug-likeness (QED) is 0.284. The van der Waals surface area contributed by atoms with Crippen molar-refractivity contribution in [1.82, 2.24) is 14.5 Å². The van der Waals surface area contributed by atoms with E-state index in [9.17, 15) is 36.3 Å². The molecule has 0 radical (unpaired) electrons. The number of alkyl halides is 4. The van der Waals surface area contributed by atoms with Gasteiger partial charge in [0.15, 0.2) is 24.0 Å². The minimum Gasteiger partial charge on any atom is -0.619 e. The van der Waals surface area contributed by atoms with Gasteiger partial charge in [-0.25, -0.2) is 31.3 Å². The Morgan fingerprint density at radius 3 is 2.49 bits per heavy atom. The lowest BCUT2D eigenvalue weighted by Crippen LogP contribution is -2.52. The number of nitrogens with zero attached hydrogens (tertiary/aromatic N) is 4. The Kier molecular flexibility index (Phi) is 7.44. The first-order chi connectivity index (χ1) is 17.4. The summed E-state index contributed by atoms with van der Waals surface area (Å²) in [6, 6.07) is 4.34. The van der Waals surface area contributed by atoms with Crippen molar-refractivity contribution >= 4 is 11.7 Å². The number of amides is 1. The Labute approximate surface area is 207 Å². The van der Waals surface area contributed by atoms with E-state index in [1.165, 1.54) is 24.0 Å². The number of piperidine rings is 1. The predicted octanol–water partition coefficient (Wildman–Crippen LogP) is 4.23. The maximum atomic E-state index is 14.6. The molecular weight excluding hydrogens is 504 g/mol. The Morgan fingerprint density at radius 1 is 1.22 bits per heavy atom. The van der Waals surface area contributed by atoms with Crippen LogP contribution in [-0.4, -0.2) is 45.4 Å². The third-order valence-corrected chi connectivity index (χ3v) is 6.35. The number of pyridine rings is 1. The Morgan fingerprint density at radius 2 is 1.86 bits per heavy atom. The number of imidazole rings is 1. The molecule has 1 aliphatic heterocycles. The number of nitrogens with one attached hydrogen (secondary N) is 1. The first kappa shape index (κ1) is 26.5. The molecule has 1 fully saturated rings. The van der Waals surface area contributed by atoms with Gasteiger partial charge in [-0.2, -0.15) is 4.73 Å². The number of likely N-dealkylation sites (tertiary alicyclic amines) is 1. The molecule has 198 valence electrons. The van der Waals surface area contributed by atoms with Gasteiger partial charge in [0.2, 0.25) is 5.91 Å². The average Bonchev–Trinajstić information content (AvgIpc) is 3.20. The van der Waals surface area contributed by atoms with Crippen molar-refractivity contribution < 1.29 is 35.9 Å². The highest BCUT2D eigenvalue weighted by molar-refractivity contribution is 5.93. The summed E-state index contributed by atoms with van der Waals surface area (Å²) in [5.41, 5.74) is 0.329. The number of halogens is 6. The van der Waals surface area contributed by atoms with Gasteiger partial charge in [-0.1, -0.05) is 0 Å². The van der Waals surface area contributed by atoms with Crippen LogP contribution >= 0.6 is 0 Å². The number of benzene rings is 1. The highest BCUT2D eigenvalue weighted by atomic mass is 19.3. The third-order valence-electron chi connectivity index (χ3n) is 6.35. The molecule has 1 aromatic carbocycles. The van der Waals surface area contributed by atoms with E-state index in [1.54, 1.807) is 0 Å². The molecule has 3 heterocycles. The van der Waals surface area contributed by atoms with Crippen molar-refractivity contribution in [2.24, 2.45) is 0 Å². The van der Waals surface area contributed by atoms with Crippen LogP contribution in [-0.2, 0) is 11.3 Å². The van der Waals surface area contributed by atoms with E-state index in [1.807, 2.05) is 0 Å². The Balaban J connectivity index is 1.48. The van der Waals surface area contributed by atoms with Crippen molar-refractivity contribution in [2.75, 3.05) is 18.4 Å². The van der Waals surface area contributed by atoms with E-state index in [0.29, 0.717) is 10.8 Å². The van der Waals surface area contributed by atoms with Gasteiger partial charge in [-0.15, -0.1) is 0 Å². The maximum Gasteiger partial charge on any atom is 0.295 e. The Bertz CT molecular complexity index is 1250. The van der Waals surface area contributed by atoms with Crippen molar-refractivity contribution in [2.45, 2.75) is 44.2 Å². The summed E-state index contributed by atoms with van der Waals surface area (Å²) in [5.74, 6) is -7.64. The van der Waals surface area contributed by atoms with Gasteiger partial charge in [0.05, 0.1) is 12.0 Å². The molecule has 7 nitrogen and oxygen atoms in total. The monoisotopic (exact) mass is 527 g/mol. The number of hydrogen-bond donors (Lipinski definition) is 1. The van der Waals surface area contributed by atoms with Crippen LogP contribution in [0, 0.1) is 16.8 Å². The predicted molar refractivity (Wildman–Crippen MR) is 120 cm³/mol. The van der Waals surface area contributed by atoms with E-state index >= 15 is 0 Å². The molecule has 0 aliphatic carbocycles. The average molecular weight is 527 g/mol. The fraction of sp³-hybridized carbons (Fsp3) is 0.375. The molecule has 1 saturated heterocycles. The Hall–Kier alpha value is -3.61. The summed E-state index contributed by atoms with van der Waals surface area (Å²) >= 11 is 0. The third kappa shape index (κ3) is 6.04. The van der Waals surface area contributed by atoms with Crippen LogP contribution in [0.5, 0.6) is 0 Å². The zero-order valence-electron chi connectivity index (χ0n) is 19.6. The molecule has 4 rings (SSSR count). The van der Waals surface area contributed by atoms with Gasteiger partial charge in [0, 0.05) is 50.5 Å². The molecule has 2 atom stereocenters. The lowest BCUT2D eigenvalue weighted by molar-refractivity contribution is -0.605. The van der Waals surface area contributed by atoms with Gasteiger partial charge >= 0.3 is 0 Å². The summed E-state index contributed by atoms with van der Waals surface area (Å²) in [6.07, 6.45) is -0.198. The first-order valence-electron chi connectivity index (χ1n) is 11.3. The zero-order valence-corrected chi connectivity index (χ0v) is 19.6. The molecule has 0 bridgehead atoms. The number of carbonyl (C=O) groups is 1. The van der Waals surface area contributed by atoms with Crippen LogP contribution in [0.4, 0.5) is 32.2 Å². The van der Waals surface area contributed by atoms with Crippen LogP contribution < -0.4 is 10.0 Å². The van der Waals surface area contributed by atoms with Crippen molar-refractivity contribution in [3.8, 4) is 0 Å². The normalized spacial score (nSPS) is 18.6. The molecule has 13 heteroatoms. The zero-order chi connectivity index (χ0) is 26.9. The highest BCUT2D eigenvalue weighted by Crippen LogP contribution is 2.40. The van der Waals surface area contributed by atoms with Gasteiger partial charge in [-0.05, 0) is 30.2 Å². The van der Waals surface area contributed by atoms with Crippen molar-refractivity contribution in [3.05, 3.63) is 82.7 Å². The minimum atomic E-state index is -3.05. The smallest absolute Gasteiger partial charge is 0.295 e. The molecular formula is C24H23F6N5O2. The topological polar surface area (TPSA) is 77.1 Å². The number of aromatic nitrogens is 3. The maximum absolute atomic E-state index is 14.6. The first-order valence-corrected chi connectivity index (χ1v) is 11.3. The minimum absolute atomic E-state index is 0.0757. The molecule has 37 heavy (non-hydrogen) atoms. The lowest BCUT2D eigenvalue weighted by atomic mass is 9.87. The summed E-state index contributed by atoms with van der Waals surface area (Å²) in [6.45, 7) is 0.906. The van der Waals surface area contributed by atoms with Crippen LogP contribution in [0.2, 0.25) is 0 Å². The molecule has 1 aliphatic rings. The summed E-state index contributed by atoms with van der Waals surface area (Å²) in [4.78, 5) is 18.2. The van der Waals surface area contributed by atoms with E-state index in [4.69, 9.17) is 0 Å². The molecule has 0 unspecified atom stereocenters. The summed E-state index contributed by atoms with van der Waals surface area (Å²) in [5, 5.41) is 13.7. The van der Waals surface area contributed by atoms with Crippen LogP contribution in [0.3, 0.4) is 0 Å². The molecule has 2 aromatic heterocycles. The van der Waals surface area contributed by atoms with Crippen molar-refractivity contribution in [1.29, 1.82) is 0 Å². The van der Waals surface area contributed by atoms with Crippen LogP contribution in [0.25, 0.3) is 0 Å². The van der Waals surface area contributed by atoms with Crippen LogP contribution in [0.1, 0.15) is 42.6 Å². The fourth-order valence-electron chi connectivity index (χ4n) is 4.37. The molecule has 0 spiro atoms. The second-order valence-electron chi connectivity index (χ2n) is 8.91. The summed E-state index contributed by atoms with van der Waals surface area (Å²) in [7, 11) is 0. The SMILES string of the molecule is C[C@H](C(=O)Nc1cn(Cc2cc(F)cc(F)c2)c(C(F)F)n1)N1CCC(F)(F)[C@@H](c2cc[n+]([O-])cc2)C1. The molecule has 1 amide bonds. The molecule has 3 aromatic rings. The molecule has 0 saturated carbocycles. The molecule has 1 N–H and O–H groups in total. The second kappa shape index (κ2) is 10.4. The highest BCUT2D eigenvalue weighted by Gasteiger charge is 2.46. The summed E-state index contributed by atoms with van der Waals surface area (Å²) < 4.78 is 84.8. The second-order valence-corrected chi connectivity index (χ2v) is 8.91. The van der Waals surface area contributed by atoms with E-state index in [0.717, 1.165) is 35.3 Å². The lowest BCUT2D eigenvalue weighted by Gasteiger charge is -2.40.